The molecule has 0 bridgehead atoms. The highest BCUT2D eigenvalue weighted by Crippen LogP contribution is 2.36. The fourth-order valence-electron chi connectivity index (χ4n) is 3.36. The van der Waals surface area contributed by atoms with E-state index in [0.29, 0.717) is 12.0 Å². The Morgan fingerprint density at radius 1 is 1.29 bits per heavy atom. The molecule has 3 rings (SSSR count). The van der Waals surface area contributed by atoms with Gasteiger partial charge in [-0.3, -0.25) is 4.90 Å². The largest absolute Gasteiger partial charge is 0.327 e. The molecule has 0 aromatic carbocycles. The van der Waals surface area contributed by atoms with Gasteiger partial charge in [0.05, 0.1) is 0 Å². The van der Waals surface area contributed by atoms with Gasteiger partial charge in [-0.15, -0.1) is 11.3 Å². The lowest BCUT2D eigenvalue weighted by Crippen LogP contribution is -2.53. The van der Waals surface area contributed by atoms with E-state index < -0.39 is 0 Å². The van der Waals surface area contributed by atoms with Gasteiger partial charge in [-0.1, -0.05) is 13.0 Å². The van der Waals surface area contributed by atoms with Crippen molar-refractivity contribution in [3.63, 3.8) is 0 Å². The summed E-state index contributed by atoms with van der Waals surface area (Å²) < 4.78 is 0. The van der Waals surface area contributed by atoms with Crippen molar-refractivity contribution in [3.8, 4) is 0 Å². The smallest absolute Gasteiger partial charge is 0.0174 e. The standard InChI is InChI=1S/C14H22N2S/c1-10-5-13(6-10)16-8-11(7-12(15)9-16)14-3-2-4-17-14/h2-4,10-13H,5-9,15H2,1H3. The van der Waals surface area contributed by atoms with Crippen LogP contribution < -0.4 is 5.73 Å². The fourth-order valence-corrected chi connectivity index (χ4v) is 4.19. The molecule has 1 aliphatic heterocycles. The molecule has 2 N–H and O–H groups in total. The highest BCUT2D eigenvalue weighted by molar-refractivity contribution is 7.10. The first-order valence-electron chi connectivity index (χ1n) is 6.75. The summed E-state index contributed by atoms with van der Waals surface area (Å²) in [5.41, 5.74) is 6.24. The third-order valence-corrected chi connectivity index (χ3v) is 5.36. The molecule has 2 heterocycles. The SMILES string of the molecule is CC1CC(N2CC(N)CC(c3cccs3)C2)C1. The highest BCUT2D eigenvalue weighted by Gasteiger charge is 2.36. The molecule has 1 aromatic rings. The number of likely N-dealkylation sites (tertiary alicyclic amines) is 1. The summed E-state index contributed by atoms with van der Waals surface area (Å²) in [5.74, 6) is 1.60. The lowest BCUT2D eigenvalue weighted by molar-refractivity contribution is 0.0546. The number of thiophene rings is 1. The number of nitrogens with two attached hydrogens (primary N) is 1. The van der Waals surface area contributed by atoms with Crippen LogP contribution >= 0.6 is 11.3 Å². The maximum absolute atomic E-state index is 6.24. The second kappa shape index (κ2) is 4.71. The lowest BCUT2D eigenvalue weighted by Gasteiger charge is -2.46. The Kier molecular flexibility index (Phi) is 3.24. The van der Waals surface area contributed by atoms with E-state index in [1.165, 1.54) is 30.7 Å². The molecule has 3 heteroatoms. The Labute approximate surface area is 108 Å². The van der Waals surface area contributed by atoms with Crippen molar-refractivity contribution < 1.29 is 0 Å². The lowest BCUT2D eigenvalue weighted by atomic mass is 9.79. The van der Waals surface area contributed by atoms with Crippen molar-refractivity contribution >= 4 is 11.3 Å². The van der Waals surface area contributed by atoms with E-state index in [4.69, 9.17) is 5.73 Å². The summed E-state index contributed by atoms with van der Waals surface area (Å²) in [5, 5.41) is 2.19. The van der Waals surface area contributed by atoms with Crippen LogP contribution in [0.1, 0.15) is 37.0 Å². The van der Waals surface area contributed by atoms with Gasteiger partial charge in [-0.2, -0.15) is 0 Å². The van der Waals surface area contributed by atoms with Gasteiger partial charge in [0.2, 0.25) is 0 Å². The number of hydrogen-bond acceptors (Lipinski definition) is 3. The summed E-state index contributed by atoms with van der Waals surface area (Å²) in [4.78, 5) is 4.18. The highest BCUT2D eigenvalue weighted by atomic mass is 32.1. The molecule has 0 amide bonds. The number of hydrogen-bond donors (Lipinski definition) is 1. The number of piperidine rings is 1. The molecule has 2 atom stereocenters. The van der Waals surface area contributed by atoms with E-state index in [0.717, 1.165) is 18.5 Å². The zero-order chi connectivity index (χ0) is 11.8. The Hall–Kier alpha value is -0.380. The third kappa shape index (κ3) is 2.42. The van der Waals surface area contributed by atoms with Crippen molar-refractivity contribution in [3.05, 3.63) is 22.4 Å². The molecule has 0 spiro atoms. The minimum atomic E-state index is 0.367. The second-order valence-electron chi connectivity index (χ2n) is 5.89. The fraction of sp³-hybridized carbons (Fsp3) is 0.714. The average molecular weight is 250 g/mol. The molecule has 2 fully saturated rings. The van der Waals surface area contributed by atoms with E-state index >= 15 is 0 Å². The summed E-state index contributed by atoms with van der Waals surface area (Å²) >= 11 is 1.89. The molecule has 1 saturated heterocycles. The molecule has 1 aliphatic carbocycles. The topological polar surface area (TPSA) is 29.3 Å². The molecular formula is C14H22N2S. The average Bonchev–Trinajstić information content (AvgIpc) is 2.77. The normalized spacial score (nSPS) is 38.9. The first-order valence-corrected chi connectivity index (χ1v) is 7.63. The first kappa shape index (κ1) is 11.7. The Morgan fingerprint density at radius 3 is 2.76 bits per heavy atom. The van der Waals surface area contributed by atoms with Crippen molar-refractivity contribution in [2.24, 2.45) is 11.7 Å². The van der Waals surface area contributed by atoms with Gasteiger partial charge in [0.25, 0.3) is 0 Å². The maximum Gasteiger partial charge on any atom is 0.0174 e. The minimum Gasteiger partial charge on any atom is -0.327 e. The van der Waals surface area contributed by atoms with Crippen LogP contribution in [0.3, 0.4) is 0 Å². The molecule has 2 aliphatic rings. The Bertz CT molecular complexity index is 356. The molecule has 94 valence electrons. The molecule has 1 aromatic heterocycles. The van der Waals surface area contributed by atoms with Gasteiger partial charge in [-0.25, -0.2) is 0 Å². The van der Waals surface area contributed by atoms with Gasteiger partial charge in [0, 0.05) is 36.0 Å². The zero-order valence-corrected chi connectivity index (χ0v) is 11.3. The van der Waals surface area contributed by atoms with E-state index in [-0.39, 0.29) is 0 Å². The quantitative estimate of drug-likeness (QED) is 0.874. The van der Waals surface area contributed by atoms with Crippen molar-refractivity contribution in [1.82, 2.24) is 4.90 Å². The maximum atomic E-state index is 6.24. The van der Waals surface area contributed by atoms with E-state index in [2.05, 4.69) is 29.3 Å². The van der Waals surface area contributed by atoms with Crippen LogP contribution in [0.15, 0.2) is 17.5 Å². The Morgan fingerprint density at radius 2 is 2.12 bits per heavy atom. The van der Waals surface area contributed by atoms with Crippen LogP contribution in [-0.2, 0) is 0 Å². The monoisotopic (exact) mass is 250 g/mol. The third-order valence-electron chi connectivity index (χ3n) is 4.32. The van der Waals surface area contributed by atoms with Gasteiger partial charge in [0.15, 0.2) is 0 Å². The summed E-state index contributed by atoms with van der Waals surface area (Å²) in [7, 11) is 0. The number of rotatable bonds is 2. The molecule has 1 saturated carbocycles. The van der Waals surface area contributed by atoms with Gasteiger partial charge < -0.3 is 5.73 Å². The molecular weight excluding hydrogens is 228 g/mol. The molecule has 17 heavy (non-hydrogen) atoms. The molecule has 0 radical (unpaired) electrons. The summed E-state index contributed by atoms with van der Waals surface area (Å²) in [6.07, 6.45) is 3.92. The predicted molar refractivity (Wildman–Crippen MR) is 73.4 cm³/mol. The van der Waals surface area contributed by atoms with Crippen LogP contribution in [0, 0.1) is 5.92 Å². The first-order chi connectivity index (χ1) is 8.22. The van der Waals surface area contributed by atoms with E-state index in [1.54, 1.807) is 0 Å². The minimum absolute atomic E-state index is 0.367. The second-order valence-corrected chi connectivity index (χ2v) is 6.87. The van der Waals surface area contributed by atoms with E-state index in [1.807, 2.05) is 11.3 Å². The molecule has 2 nitrogen and oxygen atoms in total. The van der Waals surface area contributed by atoms with Gasteiger partial charge in [-0.05, 0) is 36.6 Å². The number of nitrogens with zero attached hydrogens (tertiary/aromatic N) is 1. The van der Waals surface area contributed by atoms with E-state index in [9.17, 15) is 0 Å². The van der Waals surface area contributed by atoms with Crippen LogP contribution in [0.5, 0.6) is 0 Å². The predicted octanol–water partition coefficient (Wildman–Crippen LogP) is 2.66. The van der Waals surface area contributed by atoms with Crippen LogP contribution in [0.2, 0.25) is 0 Å². The summed E-state index contributed by atoms with van der Waals surface area (Å²) in [6.45, 7) is 4.70. The molecule has 2 unspecified atom stereocenters. The van der Waals surface area contributed by atoms with Crippen molar-refractivity contribution in [2.75, 3.05) is 13.1 Å². The van der Waals surface area contributed by atoms with Crippen LogP contribution in [-0.4, -0.2) is 30.1 Å². The van der Waals surface area contributed by atoms with Crippen molar-refractivity contribution in [1.29, 1.82) is 0 Å². The Balaban J connectivity index is 1.67. The van der Waals surface area contributed by atoms with Crippen molar-refractivity contribution in [2.45, 2.75) is 44.2 Å². The zero-order valence-electron chi connectivity index (χ0n) is 10.5. The van der Waals surface area contributed by atoms with Gasteiger partial charge in [0.1, 0.15) is 0 Å². The van der Waals surface area contributed by atoms with Crippen LogP contribution in [0.4, 0.5) is 0 Å². The van der Waals surface area contributed by atoms with Crippen LogP contribution in [0.25, 0.3) is 0 Å². The summed E-state index contributed by atoms with van der Waals surface area (Å²) in [6, 6.07) is 5.62. The van der Waals surface area contributed by atoms with Gasteiger partial charge >= 0.3 is 0 Å².